The van der Waals surface area contributed by atoms with Crippen molar-refractivity contribution in [1.29, 1.82) is 0 Å². The monoisotopic (exact) mass is 423 g/mol. The van der Waals surface area contributed by atoms with Crippen LogP contribution in [0, 0.1) is 6.92 Å². The number of carbonyl (C=O) groups excluding carboxylic acids is 2. The number of carbonyl (C=O) groups is 2. The van der Waals surface area contributed by atoms with Gasteiger partial charge >= 0.3 is 0 Å². The van der Waals surface area contributed by atoms with E-state index in [0.717, 1.165) is 16.9 Å². The number of nitrogens with two attached hydrogens (primary N) is 1. The van der Waals surface area contributed by atoms with E-state index in [0.29, 0.717) is 41.5 Å². The van der Waals surface area contributed by atoms with Gasteiger partial charge in [-0.1, -0.05) is 41.9 Å². The lowest BCUT2D eigenvalue weighted by Gasteiger charge is -2.20. The Balaban J connectivity index is 0.000000239. The van der Waals surface area contributed by atoms with Crippen molar-refractivity contribution in [3.63, 3.8) is 0 Å². The lowest BCUT2D eigenvalue weighted by atomic mass is 10.0. The highest BCUT2D eigenvalue weighted by atomic mass is 35.5. The van der Waals surface area contributed by atoms with Gasteiger partial charge in [0.25, 0.3) is 0 Å². The smallest absolute Gasteiger partial charge is 0.248 e. The first-order chi connectivity index (χ1) is 14.5. The molecule has 0 saturated carbocycles. The van der Waals surface area contributed by atoms with Crippen LogP contribution in [0.25, 0.3) is 0 Å². The van der Waals surface area contributed by atoms with Gasteiger partial charge in [-0.05, 0) is 48.9 Å². The molecule has 1 aliphatic heterocycles. The number of ketones is 1. The molecule has 0 saturated heterocycles. The van der Waals surface area contributed by atoms with E-state index in [2.05, 4.69) is 0 Å². The Labute approximate surface area is 180 Å². The second kappa shape index (κ2) is 9.94. The van der Waals surface area contributed by atoms with Gasteiger partial charge < -0.3 is 15.2 Å². The quantitative estimate of drug-likeness (QED) is 0.642. The van der Waals surface area contributed by atoms with Crippen LogP contribution in [0.3, 0.4) is 0 Å². The van der Waals surface area contributed by atoms with E-state index in [4.69, 9.17) is 26.8 Å². The summed E-state index contributed by atoms with van der Waals surface area (Å²) in [7, 11) is 0. The van der Waals surface area contributed by atoms with Gasteiger partial charge in [0.05, 0.1) is 12.2 Å². The predicted octanol–water partition coefficient (Wildman–Crippen LogP) is 4.98. The number of benzene rings is 3. The first-order valence-corrected chi connectivity index (χ1v) is 9.85. The molecule has 0 atom stereocenters. The summed E-state index contributed by atoms with van der Waals surface area (Å²) in [5.41, 5.74) is 8.08. The third kappa shape index (κ3) is 5.39. The number of hydrogen-bond donors (Lipinski definition) is 1. The van der Waals surface area contributed by atoms with Gasteiger partial charge in [0.15, 0.2) is 5.78 Å². The normalized spacial score (nSPS) is 12.1. The minimum atomic E-state index is -0.379. The summed E-state index contributed by atoms with van der Waals surface area (Å²) in [6.07, 6.45) is 0.442. The Hall–Kier alpha value is -3.31. The molecule has 2 N–H and O–H groups in total. The van der Waals surface area contributed by atoms with Gasteiger partial charge in [0.1, 0.15) is 18.1 Å². The summed E-state index contributed by atoms with van der Waals surface area (Å²) in [4.78, 5) is 22.3. The van der Waals surface area contributed by atoms with Crippen molar-refractivity contribution in [2.75, 3.05) is 6.61 Å². The first-order valence-electron chi connectivity index (χ1n) is 9.47. The van der Waals surface area contributed by atoms with Crippen molar-refractivity contribution < 1.29 is 19.1 Å². The highest BCUT2D eigenvalue weighted by molar-refractivity contribution is 6.30. The molecule has 1 aliphatic rings. The van der Waals surface area contributed by atoms with Crippen LogP contribution in [0.15, 0.2) is 66.7 Å². The lowest BCUT2D eigenvalue weighted by Crippen LogP contribution is -2.16. The highest BCUT2D eigenvalue weighted by Crippen LogP contribution is 2.35. The average Bonchev–Trinajstić information content (AvgIpc) is 2.76. The van der Waals surface area contributed by atoms with Crippen LogP contribution in [-0.4, -0.2) is 18.3 Å². The van der Waals surface area contributed by atoms with Gasteiger partial charge in [-0.25, -0.2) is 0 Å². The van der Waals surface area contributed by atoms with Gasteiger partial charge in [-0.15, -0.1) is 0 Å². The molecule has 0 aliphatic carbocycles. The van der Waals surface area contributed by atoms with Crippen LogP contribution in [0.2, 0.25) is 5.02 Å². The van der Waals surface area contributed by atoms with Crippen LogP contribution in [-0.2, 0) is 6.61 Å². The minimum absolute atomic E-state index is 0.128. The maximum atomic E-state index is 11.8. The zero-order valence-electron chi connectivity index (χ0n) is 16.6. The topological polar surface area (TPSA) is 78.6 Å². The Morgan fingerprint density at radius 2 is 1.77 bits per heavy atom. The molecule has 5 nitrogen and oxygen atoms in total. The van der Waals surface area contributed by atoms with E-state index in [1.807, 2.05) is 43.3 Å². The first kappa shape index (κ1) is 21.4. The zero-order valence-corrected chi connectivity index (χ0v) is 17.3. The molecule has 0 radical (unpaired) electrons. The van der Waals surface area contributed by atoms with Crippen molar-refractivity contribution in [2.45, 2.75) is 20.0 Å². The molecule has 30 heavy (non-hydrogen) atoms. The van der Waals surface area contributed by atoms with E-state index < -0.39 is 0 Å². The molecule has 0 unspecified atom stereocenters. The molecule has 4 rings (SSSR count). The fraction of sp³-hybridized carbons (Fsp3) is 0.167. The Morgan fingerprint density at radius 3 is 2.40 bits per heavy atom. The van der Waals surface area contributed by atoms with E-state index in [9.17, 15) is 9.59 Å². The molecule has 0 spiro atoms. The second-order valence-electron chi connectivity index (χ2n) is 6.73. The van der Waals surface area contributed by atoms with Gasteiger partial charge in [-0.3, -0.25) is 9.59 Å². The standard InChI is InChI=1S/C17H15ClO3.C7H7NO/c1-11-16(21-10-12-2-4-13(18)5-3-12)7-6-14-15(19)8-9-20-17(11)14;8-7(9)6-4-2-1-3-5-6/h2-7H,8-10H2,1H3;1-5H,(H2,8,9). The van der Waals surface area contributed by atoms with Crippen molar-refractivity contribution in [2.24, 2.45) is 5.73 Å². The molecule has 0 fully saturated rings. The molecule has 3 aromatic rings. The third-order valence-corrected chi connectivity index (χ3v) is 4.85. The van der Waals surface area contributed by atoms with Crippen molar-refractivity contribution in [3.05, 3.63) is 94.0 Å². The summed E-state index contributed by atoms with van der Waals surface area (Å²) >= 11 is 5.86. The molecule has 0 aromatic heterocycles. The lowest BCUT2D eigenvalue weighted by molar-refractivity contribution is 0.0931. The molecular weight excluding hydrogens is 402 g/mol. The maximum absolute atomic E-state index is 11.8. The summed E-state index contributed by atoms with van der Waals surface area (Å²) in [6, 6.07) is 19.9. The zero-order chi connectivity index (χ0) is 21.5. The molecule has 6 heteroatoms. The van der Waals surface area contributed by atoms with Crippen LogP contribution >= 0.6 is 11.6 Å². The van der Waals surface area contributed by atoms with Gasteiger partial charge in [0.2, 0.25) is 5.91 Å². The number of rotatable bonds is 4. The molecule has 1 heterocycles. The fourth-order valence-electron chi connectivity index (χ4n) is 2.96. The summed E-state index contributed by atoms with van der Waals surface area (Å²) in [5, 5.41) is 0.704. The van der Waals surface area contributed by atoms with E-state index in [1.54, 1.807) is 30.3 Å². The summed E-state index contributed by atoms with van der Waals surface area (Å²) in [6.45, 7) is 2.80. The van der Waals surface area contributed by atoms with E-state index in [-0.39, 0.29) is 11.7 Å². The van der Waals surface area contributed by atoms with Crippen LogP contribution in [0.1, 0.15) is 38.3 Å². The largest absolute Gasteiger partial charge is 0.492 e. The molecule has 154 valence electrons. The van der Waals surface area contributed by atoms with E-state index in [1.165, 1.54) is 0 Å². The Morgan fingerprint density at radius 1 is 1.07 bits per heavy atom. The number of hydrogen-bond acceptors (Lipinski definition) is 4. The fourth-order valence-corrected chi connectivity index (χ4v) is 3.09. The molecule has 3 aromatic carbocycles. The third-order valence-electron chi connectivity index (χ3n) is 4.60. The SMILES string of the molecule is Cc1c(OCc2ccc(Cl)cc2)ccc2c1OCCC2=O.NC(=O)c1ccccc1. The number of amides is 1. The average molecular weight is 424 g/mol. The highest BCUT2D eigenvalue weighted by Gasteiger charge is 2.22. The predicted molar refractivity (Wildman–Crippen MR) is 116 cm³/mol. The minimum Gasteiger partial charge on any atom is -0.492 e. The summed E-state index contributed by atoms with van der Waals surface area (Å²) in [5.74, 6) is 1.14. The van der Waals surface area contributed by atoms with Crippen molar-refractivity contribution >= 4 is 23.3 Å². The summed E-state index contributed by atoms with van der Waals surface area (Å²) < 4.78 is 11.4. The number of halogens is 1. The number of primary amides is 1. The Bertz CT molecular complexity index is 1030. The van der Waals surface area contributed by atoms with Crippen LogP contribution in [0.5, 0.6) is 11.5 Å². The number of Topliss-reactive ketones (excluding diaryl/α,β-unsaturated/α-hetero) is 1. The maximum Gasteiger partial charge on any atom is 0.248 e. The molecular formula is C24H22ClNO4. The van der Waals surface area contributed by atoms with Gasteiger partial charge in [-0.2, -0.15) is 0 Å². The van der Waals surface area contributed by atoms with Crippen molar-refractivity contribution in [3.8, 4) is 11.5 Å². The number of ether oxygens (including phenoxy) is 2. The Kier molecular flexibility index (Phi) is 7.09. The number of fused-ring (bicyclic) bond motifs is 1. The molecule has 1 amide bonds. The van der Waals surface area contributed by atoms with Crippen molar-refractivity contribution in [1.82, 2.24) is 0 Å². The van der Waals surface area contributed by atoms with Crippen LogP contribution < -0.4 is 15.2 Å². The molecule has 0 bridgehead atoms. The van der Waals surface area contributed by atoms with E-state index >= 15 is 0 Å². The van der Waals surface area contributed by atoms with Crippen LogP contribution in [0.4, 0.5) is 0 Å². The second-order valence-corrected chi connectivity index (χ2v) is 7.17. The van der Waals surface area contributed by atoms with Gasteiger partial charge in [0, 0.05) is 22.6 Å².